The molecule has 170 valence electrons. The van der Waals surface area contributed by atoms with Crippen molar-refractivity contribution in [3.8, 4) is 16.9 Å². The summed E-state index contributed by atoms with van der Waals surface area (Å²) in [7, 11) is 0. The molecule has 1 aromatic heterocycles. The largest absolute Gasteiger partial charge is 0.493 e. The van der Waals surface area contributed by atoms with Gasteiger partial charge in [0.1, 0.15) is 11.6 Å². The average molecular weight is 437 g/mol. The molecule has 1 saturated heterocycles. The molecule has 2 heterocycles. The predicted octanol–water partition coefficient (Wildman–Crippen LogP) is 6.42. The van der Waals surface area contributed by atoms with Crippen LogP contribution in [0.4, 0.5) is 19.0 Å². The first kappa shape index (κ1) is 23.4. The lowest BCUT2D eigenvalue weighted by Crippen LogP contribution is -2.30. The van der Waals surface area contributed by atoms with Crippen LogP contribution in [0.25, 0.3) is 11.1 Å². The Hall–Kier alpha value is -2.28. The van der Waals surface area contributed by atoms with Gasteiger partial charge < -0.3 is 14.8 Å². The van der Waals surface area contributed by atoms with Gasteiger partial charge in [-0.3, -0.25) is 0 Å². The minimum atomic E-state index is -4.50. The van der Waals surface area contributed by atoms with Gasteiger partial charge in [-0.05, 0) is 66.5 Å². The Bertz CT molecular complexity index is 849. The highest BCUT2D eigenvalue weighted by molar-refractivity contribution is 5.68. The highest BCUT2D eigenvalue weighted by atomic mass is 19.4. The van der Waals surface area contributed by atoms with E-state index < -0.39 is 11.7 Å². The zero-order valence-corrected chi connectivity index (χ0v) is 18.3. The second kappa shape index (κ2) is 10.4. The fourth-order valence-corrected chi connectivity index (χ4v) is 3.91. The van der Waals surface area contributed by atoms with Crippen LogP contribution in [0.5, 0.6) is 5.75 Å². The quantitative estimate of drug-likeness (QED) is 0.519. The number of alkyl halides is 3. The summed E-state index contributed by atoms with van der Waals surface area (Å²) in [5, 5.41) is 3.31. The molecule has 2 atom stereocenters. The van der Waals surface area contributed by atoms with Crippen molar-refractivity contribution in [1.29, 1.82) is 0 Å². The van der Waals surface area contributed by atoms with E-state index in [0.29, 0.717) is 29.5 Å². The van der Waals surface area contributed by atoms with Crippen LogP contribution in [0, 0.1) is 11.8 Å². The molecule has 31 heavy (non-hydrogen) atoms. The molecule has 1 N–H and O–H groups in total. The third-order valence-corrected chi connectivity index (χ3v) is 5.29. The van der Waals surface area contributed by atoms with E-state index in [1.807, 2.05) is 6.92 Å². The Balaban J connectivity index is 1.79. The lowest BCUT2D eigenvalue weighted by atomic mass is 9.99. The summed E-state index contributed by atoms with van der Waals surface area (Å²) in [5.41, 5.74) is 0.383. The fourth-order valence-electron chi connectivity index (χ4n) is 3.91. The summed E-state index contributed by atoms with van der Waals surface area (Å²) in [6.45, 7) is 7.79. The summed E-state index contributed by atoms with van der Waals surface area (Å²) in [6.07, 6.45) is -0.0417. The molecule has 7 heteroatoms. The molecule has 4 nitrogen and oxygen atoms in total. The Kier molecular flexibility index (Phi) is 7.81. The number of rotatable bonds is 8. The van der Waals surface area contributed by atoms with Crippen LogP contribution < -0.4 is 10.1 Å². The summed E-state index contributed by atoms with van der Waals surface area (Å²) < 4.78 is 52.3. The predicted molar refractivity (Wildman–Crippen MR) is 116 cm³/mol. The van der Waals surface area contributed by atoms with Crippen molar-refractivity contribution >= 4 is 5.82 Å². The fraction of sp³-hybridized carbons (Fsp3) is 0.542. The first-order valence-electron chi connectivity index (χ1n) is 10.9. The zero-order valence-electron chi connectivity index (χ0n) is 18.3. The second-order valence-electron chi connectivity index (χ2n) is 8.74. The number of nitrogens with zero attached hydrogens (tertiary/aromatic N) is 1. The number of ether oxygens (including phenoxy) is 2. The van der Waals surface area contributed by atoms with Crippen molar-refractivity contribution in [3.63, 3.8) is 0 Å². The number of pyridine rings is 1. The maximum Gasteiger partial charge on any atom is 0.419 e. The van der Waals surface area contributed by atoms with Crippen molar-refractivity contribution in [3.05, 3.63) is 42.1 Å². The van der Waals surface area contributed by atoms with E-state index in [9.17, 15) is 13.2 Å². The minimum absolute atomic E-state index is 0.126. The summed E-state index contributed by atoms with van der Waals surface area (Å²) in [6, 6.07) is 7.89. The third-order valence-electron chi connectivity index (χ3n) is 5.29. The van der Waals surface area contributed by atoms with E-state index in [1.54, 1.807) is 24.4 Å². The standard InChI is InChI=1S/C24H31F3N2O2/c1-16(2)11-17(3)14-31-22-7-6-18(12-21(22)24(25,26)27)19-8-9-28-23(13-19)29-20-5-4-10-30-15-20/h6-9,12-13,16-17,20H,4-5,10-11,14-15H2,1-3H3,(H,28,29)/t17-,20?/m1/s1. The zero-order chi connectivity index (χ0) is 22.4. The molecule has 0 bridgehead atoms. The van der Waals surface area contributed by atoms with Gasteiger partial charge in [-0.1, -0.05) is 26.8 Å². The molecule has 1 unspecified atom stereocenters. The lowest BCUT2D eigenvalue weighted by Gasteiger charge is -2.23. The van der Waals surface area contributed by atoms with Gasteiger partial charge in [-0.15, -0.1) is 0 Å². The summed E-state index contributed by atoms with van der Waals surface area (Å²) in [5.74, 6) is 1.15. The van der Waals surface area contributed by atoms with Crippen LogP contribution in [0.3, 0.4) is 0 Å². The van der Waals surface area contributed by atoms with Crippen molar-refractivity contribution in [2.24, 2.45) is 11.8 Å². The van der Waals surface area contributed by atoms with Gasteiger partial charge in [0.25, 0.3) is 0 Å². The van der Waals surface area contributed by atoms with Crippen LogP contribution >= 0.6 is 0 Å². The highest BCUT2D eigenvalue weighted by Gasteiger charge is 2.35. The normalized spacial score (nSPS) is 18.1. The maximum absolute atomic E-state index is 13.7. The van der Waals surface area contributed by atoms with Crippen molar-refractivity contribution in [2.75, 3.05) is 25.1 Å². The van der Waals surface area contributed by atoms with Crippen molar-refractivity contribution in [1.82, 2.24) is 4.98 Å². The second-order valence-corrected chi connectivity index (χ2v) is 8.74. The minimum Gasteiger partial charge on any atom is -0.493 e. The molecule has 3 rings (SSSR count). The van der Waals surface area contributed by atoms with Crippen LogP contribution in [0.1, 0.15) is 45.6 Å². The molecule has 0 aliphatic carbocycles. The van der Waals surface area contributed by atoms with Gasteiger partial charge >= 0.3 is 6.18 Å². The Morgan fingerprint density at radius 3 is 2.61 bits per heavy atom. The maximum atomic E-state index is 13.7. The van der Waals surface area contributed by atoms with Gasteiger partial charge in [-0.2, -0.15) is 13.2 Å². The lowest BCUT2D eigenvalue weighted by molar-refractivity contribution is -0.139. The molecule has 0 spiro atoms. The summed E-state index contributed by atoms with van der Waals surface area (Å²) >= 11 is 0. The average Bonchev–Trinajstić information content (AvgIpc) is 2.72. The Morgan fingerprint density at radius 1 is 1.16 bits per heavy atom. The first-order valence-corrected chi connectivity index (χ1v) is 10.9. The molecular formula is C24H31F3N2O2. The molecular weight excluding hydrogens is 405 g/mol. The summed E-state index contributed by atoms with van der Waals surface area (Å²) in [4.78, 5) is 4.31. The van der Waals surface area contributed by atoms with E-state index >= 15 is 0 Å². The molecule has 1 aliphatic rings. The molecule has 0 radical (unpaired) electrons. The van der Waals surface area contributed by atoms with Crippen LogP contribution in [0.2, 0.25) is 0 Å². The number of benzene rings is 1. The Labute approximate surface area is 182 Å². The molecule has 1 aliphatic heterocycles. The van der Waals surface area contributed by atoms with Crippen molar-refractivity contribution in [2.45, 2.75) is 52.3 Å². The molecule has 1 aromatic carbocycles. The van der Waals surface area contributed by atoms with E-state index in [4.69, 9.17) is 9.47 Å². The van der Waals surface area contributed by atoms with E-state index in [1.165, 1.54) is 6.07 Å². The highest BCUT2D eigenvalue weighted by Crippen LogP contribution is 2.39. The molecule has 2 aromatic rings. The molecule has 0 saturated carbocycles. The Morgan fingerprint density at radius 2 is 1.94 bits per heavy atom. The van der Waals surface area contributed by atoms with E-state index in [-0.39, 0.29) is 24.3 Å². The van der Waals surface area contributed by atoms with E-state index in [2.05, 4.69) is 24.1 Å². The van der Waals surface area contributed by atoms with Gasteiger partial charge in [0.15, 0.2) is 0 Å². The van der Waals surface area contributed by atoms with Gasteiger partial charge in [-0.25, -0.2) is 4.98 Å². The van der Waals surface area contributed by atoms with Crippen LogP contribution in [-0.4, -0.2) is 30.8 Å². The van der Waals surface area contributed by atoms with E-state index in [0.717, 1.165) is 31.9 Å². The monoisotopic (exact) mass is 436 g/mol. The number of nitrogens with one attached hydrogen (secondary N) is 1. The number of anilines is 1. The number of aromatic nitrogens is 1. The molecule has 0 amide bonds. The third kappa shape index (κ3) is 6.86. The first-order chi connectivity index (χ1) is 14.7. The topological polar surface area (TPSA) is 43.4 Å². The van der Waals surface area contributed by atoms with Gasteiger partial charge in [0, 0.05) is 12.8 Å². The molecule has 1 fully saturated rings. The SMILES string of the molecule is CC(C)C[C@@H](C)COc1ccc(-c2ccnc(NC3CCCOC3)c2)cc1C(F)(F)F. The number of hydrogen-bond donors (Lipinski definition) is 1. The van der Waals surface area contributed by atoms with Crippen LogP contribution in [-0.2, 0) is 10.9 Å². The van der Waals surface area contributed by atoms with Gasteiger partial charge in [0.2, 0.25) is 0 Å². The smallest absolute Gasteiger partial charge is 0.419 e. The van der Waals surface area contributed by atoms with Crippen molar-refractivity contribution < 1.29 is 22.6 Å². The van der Waals surface area contributed by atoms with Gasteiger partial charge in [0.05, 0.1) is 24.8 Å². The number of halogens is 3. The van der Waals surface area contributed by atoms with Crippen LogP contribution in [0.15, 0.2) is 36.5 Å². The number of hydrogen-bond acceptors (Lipinski definition) is 4.